The molecule has 0 atom stereocenters. The SMILES string of the molecule is N#CCCN(CCC#N)C(=O)CNCC1CC1. The van der Waals surface area contributed by atoms with Crippen LogP contribution in [0.15, 0.2) is 0 Å². The summed E-state index contributed by atoms with van der Waals surface area (Å²) in [6.45, 7) is 2.05. The molecule has 1 saturated carbocycles. The van der Waals surface area contributed by atoms with E-state index in [2.05, 4.69) is 5.32 Å². The molecule has 1 N–H and O–H groups in total. The Bertz CT molecular complexity index is 306. The van der Waals surface area contributed by atoms with Gasteiger partial charge in [-0.15, -0.1) is 0 Å². The lowest BCUT2D eigenvalue weighted by Crippen LogP contribution is -2.39. The van der Waals surface area contributed by atoms with Gasteiger partial charge in [-0.3, -0.25) is 4.79 Å². The monoisotopic (exact) mass is 234 g/mol. The molecular weight excluding hydrogens is 216 g/mol. The highest BCUT2D eigenvalue weighted by Gasteiger charge is 2.21. The van der Waals surface area contributed by atoms with E-state index in [1.54, 1.807) is 4.90 Å². The summed E-state index contributed by atoms with van der Waals surface area (Å²) in [7, 11) is 0. The molecule has 0 radical (unpaired) electrons. The molecule has 0 aromatic heterocycles. The summed E-state index contributed by atoms with van der Waals surface area (Å²) in [6.07, 6.45) is 3.15. The molecule has 0 saturated heterocycles. The minimum absolute atomic E-state index is 0.0175. The van der Waals surface area contributed by atoms with Crippen molar-refractivity contribution in [3.05, 3.63) is 0 Å². The standard InChI is InChI=1S/C12H18N4O/c13-5-1-7-16(8-2-6-14)12(17)10-15-9-11-3-4-11/h11,15H,1-4,7-10H2. The summed E-state index contributed by atoms with van der Waals surface area (Å²) in [4.78, 5) is 13.4. The first kappa shape index (κ1) is 13.5. The summed E-state index contributed by atoms with van der Waals surface area (Å²) >= 11 is 0. The van der Waals surface area contributed by atoms with Crippen LogP contribution in [0.25, 0.3) is 0 Å². The summed E-state index contributed by atoms with van der Waals surface area (Å²) < 4.78 is 0. The smallest absolute Gasteiger partial charge is 0.236 e. The average Bonchev–Trinajstić information content (AvgIpc) is 3.13. The fraction of sp³-hybridized carbons (Fsp3) is 0.750. The maximum absolute atomic E-state index is 11.8. The Kier molecular flexibility index (Phi) is 6.06. The van der Waals surface area contributed by atoms with E-state index in [0.717, 1.165) is 12.5 Å². The van der Waals surface area contributed by atoms with Gasteiger partial charge in [0.1, 0.15) is 0 Å². The van der Waals surface area contributed by atoms with E-state index in [9.17, 15) is 4.79 Å². The number of hydrogen-bond donors (Lipinski definition) is 1. The first-order valence-corrected chi connectivity index (χ1v) is 6.00. The quantitative estimate of drug-likeness (QED) is 0.668. The number of nitrogens with one attached hydrogen (secondary N) is 1. The summed E-state index contributed by atoms with van der Waals surface area (Å²) in [5.74, 6) is 0.727. The van der Waals surface area contributed by atoms with Crippen LogP contribution in [0.3, 0.4) is 0 Å². The third kappa shape index (κ3) is 5.89. The van der Waals surface area contributed by atoms with Gasteiger partial charge in [0, 0.05) is 13.1 Å². The number of nitriles is 2. The number of rotatable bonds is 8. The van der Waals surface area contributed by atoms with Crippen molar-refractivity contribution in [2.75, 3.05) is 26.2 Å². The van der Waals surface area contributed by atoms with Crippen molar-refractivity contribution >= 4 is 5.91 Å². The number of amides is 1. The lowest BCUT2D eigenvalue weighted by molar-refractivity contribution is -0.130. The van der Waals surface area contributed by atoms with E-state index in [0.29, 0.717) is 32.5 Å². The van der Waals surface area contributed by atoms with Crippen LogP contribution in [0, 0.1) is 28.6 Å². The van der Waals surface area contributed by atoms with Crippen molar-refractivity contribution in [2.45, 2.75) is 25.7 Å². The molecule has 1 aliphatic rings. The summed E-state index contributed by atoms with van der Waals surface area (Å²) in [6, 6.07) is 4.03. The summed E-state index contributed by atoms with van der Waals surface area (Å²) in [5, 5.41) is 20.1. The Balaban J connectivity index is 2.24. The van der Waals surface area contributed by atoms with Crippen LogP contribution in [-0.2, 0) is 4.79 Å². The van der Waals surface area contributed by atoms with Gasteiger partial charge in [0.15, 0.2) is 0 Å². The minimum atomic E-state index is -0.0175. The maximum atomic E-state index is 11.8. The molecule has 0 unspecified atom stereocenters. The topological polar surface area (TPSA) is 79.9 Å². The van der Waals surface area contributed by atoms with Gasteiger partial charge in [-0.25, -0.2) is 0 Å². The Morgan fingerprint density at radius 3 is 2.29 bits per heavy atom. The van der Waals surface area contributed by atoms with Crippen molar-refractivity contribution in [1.29, 1.82) is 10.5 Å². The van der Waals surface area contributed by atoms with Gasteiger partial charge in [-0.2, -0.15) is 10.5 Å². The zero-order chi connectivity index (χ0) is 12.5. The Morgan fingerprint density at radius 1 is 1.24 bits per heavy atom. The predicted molar refractivity (Wildman–Crippen MR) is 62.6 cm³/mol. The molecule has 1 amide bonds. The van der Waals surface area contributed by atoms with Gasteiger partial charge >= 0.3 is 0 Å². The third-order valence-corrected chi connectivity index (χ3v) is 2.75. The zero-order valence-corrected chi connectivity index (χ0v) is 9.98. The highest BCUT2D eigenvalue weighted by molar-refractivity contribution is 5.78. The molecule has 5 nitrogen and oxygen atoms in total. The molecule has 5 heteroatoms. The summed E-state index contributed by atoms with van der Waals surface area (Å²) in [5.41, 5.74) is 0. The van der Waals surface area contributed by atoms with Crippen molar-refractivity contribution in [3.63, 3.8) is 0 Å². The molecular formula is C12H18N4O. The molecule has 1 aliphatic carbocycles. The van der Waals surface area contributed by atoms with Crippen molar-refractivity contribution in [3.8, 4) is 12.1 Å². The molecule has 0 aromatic rings. The van der Waals surface area contributed by atoms with Gasteiger partial charge < -0.3 is 10.2 Å². The second-order valence-electron chi connectivity index (χ2n) is 4.27. The lowest BCUT2D eigenvalue weighted by Gasteiger charge is -2.20. The molecule has 1 rings (SSSR count). The normalized spacial score (nSPS) is 13.8. The van der Waals surface area contributed by atoms with Gasteiger partial charge in [-0.05, 0) is 25.3 Å². The van der Waals surface area contributed by atoms with Crippen LogP contribution < -0.4 is 5.32 Å². The predicted octanol–water partition coefficient (Wildman–Crippen LogP) is 0.642. The maximum Gasteiger partial charge on any atom is 0.236 e. The van der Waals surface area contributed by atoms with E-state index in [4.69, 9.17) is 10.5 Å². The molecule has 1 fully saturated rings. The highest BCUT2D eigenvalue weighted by atomic mass is 16.2. The van der Waals surface area contributed by atoms with Crippen LogP contribution >= 0.6 is 0 Å². The van der Waals surface area contributed by atoms with Crippen LogP contribution in [-0.4, -0.2) is 37.0 Å². The number of carbonyl (C=O) groups excluding carboxylic acids is 1. The van der Waals surface area contributed by atoms with Gasteiger partial charge in [0.05, 0.1) is 31.5 Å². The van der Waals surface area contributed by atoms with Crippen LogP contribution in [0.4, 0.5) is 0 Å². The Labute approximate surface area is 102 Å². The van der Waals surface area contributed by atoms with Crippen molar-refractivity contribution < 1.29 is 4.79 Å². The molecule has 0 spiro atoms. The minimum Gasteiger partial charge on any atom is -0.340 e. The average molecular weight is 234 g/mol. The van der Waals surface area contributed by atoms with E-state index in [-0.39, 0.29) is 5.91 Å². The molecule has 0 aromatic carbocycles. The number of carbonyl (C=O) groups is 1. The largest absolute Gasteiger partial charge is 0.340 e. The van der Waals surface area contributed by atoms with E-state index in [1.807, 2.05) is 12.1 Å². The van der Waals surface area contributed by atoms with Gasteiger partial charge in [-0.1, -0.05) is 0 Å². The molecule has 0 heterocycles. The first-order valence-electron chi connectivity index (χ1n) is 6.00. The van der Waals surface area contributed by atoms with Crippen molar-refractivity contribution in [2.24, 2.45) is 5.92 Å². The lowest BCUT2D eigenvalue weighted by atomic mass is 10.3. The highest BCUT2D eigenvalue weighted by Crippen LogP contribution is 2.27. The van der Waals surface area contributed by atoms with Crippen molar-refractivity contribution in [1.82, 2.24) is 10.2 Å². The van der Waals surface area contributed by atoms with Gasteiger partial charge in [0.2, 0.25) is 5.91 Å². The molecule has 92 valence electrons. The second kappa shape index (κ2) is 7.65. The Hall–Kier alpha value is -1.59. The van der Waals surface area contributed by atoms with E-state index < -0.39 is 0 Å². The second-order valence-corrected chi connectivity index (χ2v) is 4.27. The molecule has 17 heavy (non-hydrogen) atoms. The van der Waals surface area contributed by atoms with E-state index in [1.165, 1.54) is 12.8 Å². The number of hydrogen-bond acceptors (Lipinski definition) is 4. The van der Waals surface area contributed by atoms with Crippen LogP contribution in [0.2, 0.25) is 0 Å². The molecule has 0 aliphatic heterocycles. The molecule has 0 bridgehead atoms. The van der Waals surface area contributed by atoms with Crippen LogP contribution in [0.5, 0.6) is 0 Å². The zero-order valence-electron chi connectivity index (χ0n) is 9.98. The van der Waals surface area contributed by atoms with Crippen LogP contribution in [0.1, 0.15) is 25.7 Å². The van der Waals surface area contributed by atoms with Gasteiger partial charge in [0.25, 0.3) is 0 Å². The van der Waals surface area contributed by atoms with E-state index >= 15 is 0 Å². The number of nitrogens with zero attached hydrogens (tertiary/aromatic N) is 3. The Morgan fingerprint density at radius 2 is 1.82 bits per heavy atom. The first-order chi connectivity index (χ1) is 8.27. The fourth-order valence-corrected chi connectivity index (χ4v) is 1.55. The third-order valence-electron chi connectivity index (χ3n) is 2.75. The fourth-order valence-electron chi connectivity index (χ4n) is 1.55.